The normalized spacial score (nSPS) is 17.2. The third-order valence-electron chi connectivity index (χ3n) is 3.71. The fourth-order valence-electron chi connectivity index (χ4n) is 2.82. The molecule has 1 aromatic heterocycles. The number of nitrogen functional groups attached to an aromatic ring is 1. The van der Waals surface area contributed by atoms with Crippen molar-refractivity contribution in [3.63, 3.8) is 0 Å². The maximum absolute atomic E-state index is 11.5. The molecular formula is C15H16N2O2. The Morgan fingerprint density at radius 1 is 1.42 bits per heavy atom. The summed E-state index contributed by atoms with van der Waals surface area (Å²) in [6.45, 7) is 0. The van der Waals surface area contributed by atoms with Gasteiger partial charge in [0.1, 0.15) is 5.69 Å². The molecule has 0 amide bonds. The number of anilines is 1. The minimum atomic E-state index is -0.319. The Bertz CT molecular complexity index is 631. The lowest BCUT2D eigenvalue weighted by molar-refractivity contribution is 0.0594. The lowest BCUT2D eigenvalue weighted by Crippen LogP contribution is -2.02. The molecule has 98 valence electrons. The zero-order valence-corrected chi connectivity index (χ0v) is 10.8. The van der Waals surface area contributed by atoms with Crippen LogP contribution in [-0.4, -0.2) is 18.1 Å². The molecule has 0 saturated heterocycles. The van der Waals surface area contributed by atoms with Gasteiger partial charge in [0.05, 0.1) is 7.11 Å². The van der Waals surface area contributed by atoms with Gasteiger partial charge in [0, 0.05) is 17.3 Å². The van der Waals surface area contributed by atoms with E-state index in [1.165, 1.54) is 18.2 Å². The van der Waals surface area contributed by atoms with Crippen LogP contribution in [0.2, 0.25) is 0 Å². The van der Waals surface area contributed by atoms with Crippen LogP contribution in [0.15, 0.2) is 30.3 Å². The Morgan fingerprint density at radius 2 is 2.26 bits per heavy atom. The third-order valence-corrected chi connectivity index (χ3v) is 3.71. The molecule has 0 radical (unpaired) electrons. The molecule has 0 fully saturated rings. The molecule has 19 heavy (non-hydrogen) atoms. The van der Waals surface area contributed by atoms with Gasteiger partial charge in [0.15, 0.2) is 0 Å². The van der Waals surface area contributed by atoms with Crippen molar-refractivity contribution in [3.8, 4) is 0 Å². The summed E-state index contributed by atoms with van der Waals surface area (Å²) in [5.41, 5.74) is 10.7. The summed E-state index contributed by atoms with van der Waals surface area (Å²) >= 11 is 0. The number of methoxy groups -OCH3 is 1. The third kappa shape index (κ3) is 1.99. The Morgan fingerprint density at radius 3 is 3.00 bits per heavy atom. The highest BCUT2D eigenvalue weighted by molar-refractivity contribution is 5.88. The molecule has 1 aliphatic rings. The summed E-state index contributed by atoms with van der Waals surface area (Å²) in [6, 6.07) is 9.85. The van der Waals surface area contributed by atoms with Crippen LogP contribution in [0.25, 0.3) is 0 Å². The minimum Gasteiger partial charge on any atom is -0.464 e. The highest BCUT2D eigenvalue weighted by Crippen LogP contribution is 2.38. The van der Waals surface area contributed by atoms with Crippen molar-refractivity contribution in [2.75, 3.05) is 12.8 Å². The number of rotatable bonds is 2. The standard InChI is InChI=1S/C15H16N2O2/c1-19-15(18)14-8-12-11(5-6-13(12)17-14)9-3-2-4-10(16)7-9/h2-4,7-8,11,17H,5-6,16H2,1H3. The summed E-state index contributed by atoms with van der Waals surface area (Å²) < 4.78 is 4.74. The van der Waals surface area contributed by atoms with E-state index in [1.807, 2.05) is 24.3 Å². The number of fused-ring (bicyclic) bond motifs is 1. The molecule has 3 N–H and O–H groups in total. The zero-order valence-electron chi connectivity index (χ0n) is 10.8. The number of H-pyrrole nitrogens is 1. The largest absolute Gasteiger partial charge is 0.464 e. The van der Waals surface area contributed by atoms with Crippen LogP contribution >= 0.6 is 0 Å². The number of carbonyl (C=O) groups is 1. The van der Waals surface area contributed by atoms with Gasteiger partial charge in [0.25, 0.3) is 0 Å². The van der Waals surface area contributed by atoms with E-state index >= 15 is 0 Å². The molecule has 1 aromatic carbocycles. The summed E-state index contributed by atoms with van der Waals surface area (Å²) in [5.74, 6) is -0.00567. The van der Waals surface area contributed by atoms with E-state index in [9.17, 15) is 4.79 Å². The first-order valence-corrected chi connectivity index (χ1v) is 6.34. The second-order valence-corrected chi connectivity index (χ2v) is 4.87. The predicted molar refractivity (Wildman–Crippen MR) is 73.2 cm³/mol. The maximum atomic E-state index is 11.5. The first-order chi connectivity index (χ1) is 9.19. The number of nitrogens with one attached hydrogen (secondary N) is 1. The molecule has 4 heteroatoms. The van der Waals surface area contributed by atoms with Crippen molar-refractivity contribution in [1.29, 1.82) is 0 Å². The fourth-order valence-corrected chi connectivity index (χ4v) is 2.82. The fraction of sp³-hybridized carbons (Fsp3) is 0.267. The zero-order chi connectivity index (χ0) is 13.4. The molecule has 0 aliphatic heterocycles. The highest BCUT2D eigenvalue weighted by Gasteiger charge is 2.27. The summed E-state index contributed by atoms with van der Waals surface area (Å²) in [7, 11) is 1.39. The molecule has 1 atom stereocenters. The molecule has 4 nitrogen and oxygen atoms in total. The van der Waals surface area contributed by atoms with Crippen LogP contribution in [0.4, 0.5) is 5.69 Å². The number of ether oxygens (including phenoxy) is 1. The van der Waals surface area contributed by atoms with Gasteiger partial charge in [-0.3, -0.25) is 0 Å². The highest BCUT2D eigenvalue weighted by atomic mass is 16.5. The number of benzene rings is 1. The lowest BCUT2D eigenvalue weighted by Gasteiger charge is -2.11. The average molecular weight is 256 g/mol. The van der Waals surface area contributed by atoms with Crippen LogP contribution in [-0.2, 0) is 11.2 Å². The van der Waals surface area contributed by atoms with Crippen molar-refractivity contribution in [2.24, 2.45) is 0 Å². The number of aryl methyl sites for hydroxylation is 1. The molecule has 1 heterocycles. The van der Waals surface area contributed by atoms with Gasteiger partial charge in [-0.05, 0) is 42.2 Å². The van der Waals surface area contributed by atoms with Gasteiger partial charge in [-0.1, -0.05) is 12.1 Å². The van der Waals surface area contributed by atoms with Gasteiger partial charge in [-0.15, -0.1) is 0 Å². The van der Waals surface area contributed by atoms with Crippen molar-refractivity contribution in [2.45, 2.75) is 18.8 Å². The Balaban J connectivity index is 1.97. The number of hydrogen-bond acceptors (Lipinski definition) is 3. The second-order valence-electron chi connectivity index (χ2n) is 4.87. The van der Waals surface area contributed by atoms with E-state index in [4.69, 9.17) is 10.5 Å². The van der Waals surface area contributed by atoms with Crippen LogP contribution in [0, 0.1) is 0 Å². The Hall–Kier alpha value is -2.23. The van der Waals surface area contributed by atoms with E-state index in [0.29, 0.717) is 11.6 Å². The van der Waals surface area contributed by atoms with E-state index < -0.39 is 0 Å². The van der Waals surface area contributed by atoms with Gasteiger partial charge in [0.2, 0.25) is 0 Å². The molecule has 2 aromatic rings. The number of hydrogen-bond donors (Lipinski definition) is 2. The first-order valence-electron chi connectivity index (χ1n) is 6.34. The monoisotopic (exact) mass is 256 g/mol. The van der Waals surface area contributed by atoms with Crippen molar-refractivity contribution >= 4 is 11.7 Å². The number of aromatic amines is 1. The minimum absolute atomic E-state index is 0.313. The summed E-state index contributed by atoms with van der Waals surface area (Å²) in [6.07, 6.45) is 2.00. The van der Waals surface area contributed by atoms with E-state index in [2.05, 4.69) is 11.1 Å². The number of esters is 1. The molecule has 1 unspecified atom stereocenters. The summed E-state index contributed by atoms with van der Waals surface area (Å²) in [4.78, 5) is 14.7. The van der Waals surface area contributed by atoms with Crippen LogP contribution < -0.4 is 5.73 Å². The molecule has 3 rings (SSSR count). The van der Waals surface area contributed by atoms with Gasteiger partial charge < -0.3 is 15.5 Å². The van der Waals surface area contributed by atoms with Gasteiger partial charge in [-0.2, -0.15) is 0 Å². The lowest BCUT2D eigenvalue weighted by atomic mass is 9.94. The van der Waals surface area contributed by atoms with E-state index in [-0.39, 0.29) is 5.97 Å². The quantitative estimate of drug-likeness (QED) is 0.640. The van der Waals surface area contributed by atoms with Crippen molar-refractivity contribution in [3.05, 3.63) is 52.8 Å². The van der Waals surface area contributed by atoms with Gasteiger partial charge in [-0.25, -0.2) is 4.79 Å². The molecule has 1 aliphatic carbocycles. The van der Waals surface area contributed by atoms with Crippen molar-refractivity contribution < 1.29 is 9.53 Å². The van der Waals surface area contributed by atoms with E-state index in [0.717, 1.165) is 24.2 Å². The number of carbonyl (C=O) groups excluding carboxylic acids is 1. The number of aromatic nitrogens is 1. The van der Waals surface area contributed by atoms with Gasteiger partial charge >= 0.3 is 5.97 Å². The maximum Gasteiger partial charge on any atom is 0.354 e. The van der Waals surface area contributed by atoms with Crippen LogP contribution in [0.5, 0.6) is 0 Å². The topological polar surface area (TPSA) is 68.1 Å². The van der Waals surface area contributed by atoms with Crippen LogP contribution in [0.3, 0.4) is 0 Å². The average Bonchev–Trinajstić information content (AvgIpc) is 2.97. The molecule has 0 spiro atoms. The first kappa shape index (κ1) is 11.8. The van der Waals surface area contributed by atoms with E-state index in [1.54, 1.807) is 0 Å². The summed E-state index contributed by atoms with van der Waals surface area (Å²) in [5, 5.41) is 0. The van der Waals surface area contributed by atoms with Crippen molar-refractivity contribution in [1.82, 2.24) is 4.98 Å². The predicted octanol–water partition coefficient (Wildman–Crippen LogP) is 2.46. The Kier molecular flexibility index (Phi) is 2.78. The number of nitrogens with two attached hydrogens (primary N) is 1. The Labute approximate surface area is 111 Å². The molecule has 0 bridgehead atoms. The molecule has 0 saturated carbocycles. The smallest absolute Gasteiger partial charge is 0.354 e. The SMILES string of the molecule is COC(=O)c1cc2c([nH]1)CCC2c1cccc(N)c1. The molecular weight excluding hydrogens is 240 g/mol. The van der Waals surface area contributed by atoms with Crippen LogP contribution in [0.1, 0.15) is 39.6 Å². The second kappa shape index (κ2) is 4.46.